The fourth-order valence-electron chi connectivity index (χ4n) is 3.97. The first-order valence-corrected chi connectivity index (χ1v) is 13.6. The number of carbonyl (C=O) groups excluding carboxylic acids is 2. The first kappa shape index (κ1) is 29.9. The second-order valence-corrected chi connectivity index (χ2v) is 10.9. The zero-order chi connectivity index (χ0) is 29.0. The number of sulfonamides is 1. The summed E-state index contributed by atoms with van der Waals surface area (Å²) in [6, 6.07) is 13.7. The quantitative estimate of drug-likeness (QED) is 0.262. The lowest BCUT2D eigenvalue weighted by molar-refractivity contribution is -0.145. The number of ether oxygens (including phenoxy) is 1. The van der Waals surface area contributed by atoms with E-state index in [-0.39, 0.29) is 11.3 Å². The van der Waals surface area contributed by atoms with E-state index in [4.69, 9.17) is 4.74 Å². The van der Waals surface area contributed by atoms with Crippen molar-refractivity contribution in [1.29, 1.82) is 0 Å². The van der Waals surface area contributed by atoms with Gasteiger partial charge in [0.15, 0.2) is 6.61 Å². The second-order valence-electron chi connectivity index (χ2n) is 9.30. The van der Waals surface area contributed by atoms with Gasteiger partial charge in [-0.15, -0.1) is 0 Å². The van der Waals surface area contributed by atoms with Crippen LogP contribution >= 0.6 is 0 Å². The van der Waals surface area contributed by atoms with E-state index < -0.39 is 52.1 Å². The number of nitrogens with zero attached hydrogens (tertiary/aromatic N) is 1. The summed E-state index contributed by atoms with van der Waals surface area (Å²) in [6.45, 7) is 5.80. The van der Waals surface area contributed by atoms with E-state index in [0.29, 0.717) is 17.0 Å². The molecule has 0 saturated heterocycles. The second kappa shape index (κ2) is 12.0. The van der Waals surface area contributed by atoms with Crippen molar-refractivity contribution in [2.24, 2.45) is 5.92 Å². The maximum Gasteiger partial charge on any atom is 0.416 e. The van der Waals surface area contributed by atoms with Crippen molar-refractivity contribution in [3.05, 3.63) is 94.1 Å². The molecule has 0 aliphatic rings. The average Bonchev–Trinajstić information content (AvgIpc) is 3.18. The Morgan fingerprint density at radius 3 is 2.31 bits per heavy atom. The molecule has 11 heteroatoms. The Morgan fingerprint density at radius 1 is 1.03 bits per heavy atom. The summed E-state index contributed by atoms with van der Waals surface area (Å²) in [5, 5.41) is 0.943. The number of alkyl halides is 3. The summed E-state index contributed by atoms with van der Waals surface area (Å²) in [4.78, 5) is 25.7. The Kier molecular flexibility index (Phi) is 9.18. The Morgan fingerprint density at radius 2 is 1.69 bits per heavy atom. The highest BCUT2D eigenvalue weighted by atomic mass is 32.2. The zero-order valence-electron chi connectivity index (χ0n) is 21.8. The largest absolute Gasteiger partial charge is 0.456 e. The molecule has 0 amide bonds. The van der Waals surface area contributed by atoms with E-state index in [9.17, 15) is 31.2 Å². The molecule has 0 spiro atoms. The molecule has 3 rings (SSSR count). The fourth-order valence-corrected chi connectivity index (χ4v) is 5.11. The molecule has 0 saturated carbocycles. The minimum absolute atomic E-state index is 0.171. The molecule has 7 nitrogen and oxygen atoms in total. The van der Waals surface area contributed by atoms with Crippen LogP contribution in [0.4, 0.5) is 13.2 Å². The Labute approximate surface area is 225 Å². The van der Waals surface area contributed by atoms with Gasteiger partial charge in [0.2, 0.25) is 15.8 Å². The minimum Gasteiger partial charge on any atom is -0.456 e. The normalized spacial score (nSPS) is 13.1. The minimum atomic E-state index is -4.52. The molecule has 0 bridgehead atoms. The van der Waals surface area contributed by atoms with Crippen LogP contribution in [0, 0.1) is 19.8 Å². The lowest BCUT2D eigenvalue weighted by atomic mass is 10.1. The van der Waals surface area contributed by atoms with Crippen molar-refractivity contribution in [2.75, 3.05) is 6.61 Å². The number of nitrogens with one attached hydrogen (secondary N) is 1. The molecular formula is C28H29F3N2O5S. The SMILES string of the molecule is Cc1cc(C(=O)COC(=O)C(NS(=O)(=O)C=Cc2ccccc2)C(C)C)c(C)n1-c1cccc(C(F)(F)F)c1. The van der Waals surface area contributed by atoms with E-state index >= 15 is 0 Å². The van der Waals surface area contributed by atoms with E-state index in [0.717, 1.165) is 17.5 Å². The van der Waals surface area contributed by atoms with E-state index in [1.54, 1.807) is 58.0 Å². The number of rotatable bonds is 10. The maximum atomic E-state index is 13.2. The van der Waals surface area contributed by atoms with Crippen LogP contribution in [0.25, 0.3) is 11.8 Å². The van der Waals surface area contributed by atoms with Gasteiger partial charge in [0.1, 0.15) is 6.04 Å². The number of hydrogen-bond acceptors (Lipinski definition) is 5. The molecule has 0 fully saturated rings. The summed E-state index contributed by atoms with van der Waals surface area (Å²) in [7, 11) is -4.01. The number of esters is 1. The molecule has 1 unspecified atom stereocenters. The number of halogens is 3. The number of benzene rings is 2. The van der Waals surface area contributed by atoms with Crippen molar-refractivity contribution >= 4 is 27.9 Å². The van der Waals surface area contributed by atoms with Gasteiger partial charge < -0.3 is 9.30 Å². The number of aromatic nitrogens is 1. The molecule has 1 N–H and O–H groups in total. The molecule has 1 atom stereocenters. The molecular weight excluding hydrogens is 533 g/mol. The lowest BCUT2D eigenvalue weighted by Crippen LogP contribution is -2.45. The van der Waals surface area contributed by atoms with Crippen LogP contribution in [0.15, 0.2) is 66.1 Å². The van der Waals surface area contributed by atoms with Crippen molar-refractivity contribution in [3.63, 3.8) is 0 Å². The van der Waals surface area contributed by atoms with Crippen LogP contribution in [-0.4, -0.2) is 37.4 Å². The third kappa shape index (κ3) is 7.67. The van der Waals surface area contributed by atoms with Crippen LogP contribution < -0.4 is 4.72 Å². The van der Waals surface area contributed by atoms with Crippen LogP contribution in [0.2, 0.25) is 0 Å². The van der Waals surface area contributed by atoms with Crippen molar-refractivity contribution < 1.29 is 35.9 Å². The van der Waals surface area contributed by atoms with Gasteiger partial charge in [0.25, 0.3) is 0 Å². The molecule has 208 valence electrons. The predicted molar refractivity (Wildman–Crippen MR) is 142 cm³/mol. The fraction of sp³-hybridized carbons (Fsp3) is 0.286. The van der Waals surface area contributed by atoms with E-state index in [1.165, 1.54) is 28.8 Å². The Balaban J connectivity index is 1.72. The van der Waals surface area contributed by atoms with Crippen LogP contribution in [0.3, 0.4) is 0 Å². The van der Waals surface area contributed by atoms with Gasteiger partial charge in [0.05, 0.1) is 5.56 Å². The zero-order valence-corrected chi connectivity index (χ0v) is 22.6. The van der Waals surface area contributed by atoms with Gasteiger partial charge >= 0.3 is 12.1 Å². The van der Waals surface area contributed by atoms with Gasteiger partial charge in [-0.25, -0.2) is 8.42 Å². The van der Waals surface area contributed by atoms with Gasteiger partial charge in [-0.1, -0.05) is 50.2 Å². The molecule has 2 aromatic carbocycles. The lowest BCUT2D eigenvalue weighted by Gasteiger charge is -2.19. The summed E-state index contributed by atoms with van der Waals surface area (Å²) in [5.41, 5.74) is 1.12. The standard InChI is InChI=1S/C28H29F3N2O5S/c1-18(2)26(32-39(36,37)14-13-21-9-6-5-7-10-21)27(35)38-17-25(34)24-15-19(3)33(20(24)4)23-12-8-11-22(16-23)28(29,30)31/h5-16,18,26,32H,17H2,1-4H3. The average molecular weight is 563 g/mol. The summed E-state index contributed by atoms with van der Waals surface area (Å²) < 4.78 is 73.6. The molecule has 3 aromatic rings. The summed E-state index contributed by atoms with van der Waals surface area (Å²) in [5.74, 6) is -2.00. The van der Waals surface area contributed by atoms with Gasteiger partial charge in [-0.2, -0.15) is 17.9 Å². The molecule has 39 heavy (non-hydrogen) atoms. The topological polar surface area (TPSA) is 94.5 Å². The Bertz CT molecular complexity index is 1480. The van der Waals surface area contributed by atoms with Crippen molar-refractivity contribution in [3.8, 4) is 5.69 Å². The highest BCUT2D eigenvalue weighted by Crippen LogP contribution is 2.31. The molecule has 0 radical (unpaired) electrons. The van der Waals surface area contributed by atoms with Gasteiger partial charge in [-0.05, 0) is 55.7 Å². The first-order chi connectivity index (χ1) is 18.2. The molecule has 1 aromatic heterocycles. The molecule has 1 heterocycles. The third-order valence-corrected chi connectivity index (χ3v) is 7.04. The number of aryl methyl sites for hydroxylation is 1. The summed E-state index contributed by atoms with van der Waals surface area (Å²) >= 11 is 0. The highest BCUT2D eigenvalue weighted by Gasteiger charge is 2.31. The third-order valence-electron chi connectivity index (χ3n) is 5.96. The van der Waals surface area contributed by atoms with Crippen molar-refractivity contribution in [2.45, 2.75) is 39.9 Å². The van der Waals surface area contributed by atoms with Crippen LogP contribution in [-0.2, 0) is 25.7 Å². The molecule has 0 aliphatic carbocycles. The van der Waals surface area contributed by atoms with E-state index in [2.05, 4.69) is 4.72 Å². The number of ketones is 1. The van der Waals surface area contributed by atoms with Gasteiger partial charge in [0, 0.05) is 28.0 Å². The molecule has 0 aliphatic heterocycles. The van der Waals surface area contributed by atoms with Crippen molar-refractivity contribution in [1.82, 2.24) is 9.29 Å². The summed E-state index contributed by atoms with van der Waals surface area (Å²) in [6.07, 6.45) is -3.14. The highest BCUT2D eigenvalue weighted by molar-refractivity contribution is 7.92. The smallest absolute Gasteiger partial charge is 0.416 e. The number of carbonyl (C=O) groups is 2. The monoisotopic (exact) mass is 562 g/mol. The first-order valence-electron chi connectivity index (χ1n) is 12.0. The number of hydrogen-bond donors (Lipinski definition) is 1. The van der Waals surface area contributed by atoms with Crippen LogP contribution in [0.1, 0.15) is 46.7 Å². The number of Topliss-reactive ketones (excluding diaryl/α,β-unsaturated/α-hetero) is 1. The van der Waals surface area contributed by atoms with Gasteiger partial charge in [-0.3, -0.25) is 9.59 Å². The van der Waals surface area contributed by atoms with E-state index in [1.807, 2.05) is 0 Å². The maximum absolute atomic E-state index is 13.2. The van der Waals surface area contributed by atoms with Crippen LogP contribution in [0.5, 0.6) is 0 Å². The Hall–Kier alpha value is -3.70. The predicted octanol–water partition coefficient (Wildman–Crippen LogP) is 5.45.